The average Bonchev–Trinajstić information content (AvgIpc) is 2.16. The molecule has 0 spiro atoms. The fourth-order valence-corrected chi connectivity index (χ4v) is 2.60. The lowest BCUT2D eigenvalue weighted by atomic mass is 9.75. The first-order valence-electron chi connectivity index (χ1n) is 6.66. The Kier molecular flexibility index (Phi) is 4.42. The molecule has 0 aromatic carbocycles. The first-order chi connectivity index (χ1) is 7.24. The molecule has 1 N–H and O–H groups in total. The van der Waals surface area contributed by atoms with Crippen LogP contribution in [0, 0.1) is 11.3 Å². The highest BCUT2D eigenvalue weighted by molar-refractivity contribution is 4.85. The lowest BCUT2D eigenvalue weighted by Crippen LogP contribution is -2.50. The van der Waals surface area contributed by atoms with E-state index >= 15 is 0 Å². The van der Waals surface area contributed by atoms with Crippen LogP contribution in [-0.4, -0.2) is 37.1 Å². The minimum Gasteiger partial charge on any atom is -0.314 e. The first-order valence-corrected chi connectivity index (χ1v) is 6.66. The van der Waals surface area contributed by atoms with Gasteiger partial charge < -0.3 is 10.2 Å². The predicted octanol–water partition coefficient (Wildman–Crippen LogP) is 2.74. The van der Waals surface area contributed by atoms with Crippen molar-refractivity contribution in [2.75, 3.05) is 26.7 Å². The van der Waals surface area contributed by atoms with Crippen LogP contribution in [-0.2, 0) is 0 Å². The fraction of sp³-hybridized carbons (Fsp3) is 1.00. The number of hydrogen-bond acceptors (Lipinski definition) is 2. The summed E-state index contributed by atoms with van der Waals surface area (Å²) in [6.45, 7) is 15.4. The largest absolute Gasteiger partial charge is 0.314 e. The molecule has 1 aliphatic heterocycles. The summed E-state index contributed by atoms with van der Waals surface area (Å²) in [4.78, 5) is 2.61. The maximum atomic E-state index is 3.39. The minimum absolute atomic E-state index is 0.245. The summed E-state index contributed by atoms with van der Waals surface area (Å²) in [6, 6.07) is 0. The van der Waals surface area contributed by atoms with Gasteiger partial charge in [0.25, 0.3) is 0 Å². The fourth-order valence-electron chi connectivity index (χ4n) is 2.60. The van der Waals surface area contributed by atoms with Gasteiger partial charge in [-0.1, -0.05) is 20.8 Å². The Morgan fingerprint density at radius 3 is 1.94 bits per heavy atom. The molecule has 0 aliphatic carbocycles. The second-order valence-electron chi connectivity index (χ2n) is 7.05. The third-order valence-corrected chi connectivity index (χ3v) is 4.11. The molecule has 0 amide bonds. The molecule has 2 heteroatoms. The first kappa shape index (κ1) is 14.0. The molecule has 1 fully saturated rings. The van der Waals surface area contributed by atoms with Crippen LogP contribution in [0.25, 0.3) is 0 Å². The number of hydrogen-bond donors (Lipinski definition) is 1. The Balaban J connectivity index is 2.38. The number of likely N-dealkylation sites (tertiary alicyclic amines) is 1. The molecular formula is C14H30N2. The van der Waals surface area contributed by atoms with Crippen molar-refractivity contribution in [2.45, 2.75) is 53.0 Å². The lowest BCUT2D eigenvalue weighted by molar-refractivity contribution is 0.0953. The SMILES string of the molecule is CNC(C)(C)CN1CCC(C(C)(C)C)CC1. The zero-order chi connectivity index (χ0) is 12.4. The third kappa shape index (κ3) is 4.06. The molecule has 0 aromatic heterocycles. The number of nitrogens with zero attached hydrogens (tertiary/aromatic N) is 1. The second-order valence-corrected chi connectivity index (χ2v) is 7.05. The lowest BCUT2D eigenvalue weighted by Gasteiger charge is -2.41. The van der Waals surface area contributed by atoms with Gasteiger partial charge in [0.1, 0.15) is 0 Å². The van der Waals surface area contributed by atoms with Crippen molar-refractivity contribution >= 4 is 0 Å². The van der Waals surface area contributed by atoms with Gasteiger partial charge >= 0.3 is 0 Å². The quantitative estimate of drug-likeness (QED) is 0.796. The van der Waals surface area contributed by atoms with E-state index in [2.05, 4.69) is 51.9 Å². The van der Waals surface area contributed by atoms with E-state index in [0.717, 1.165) is 5.92 Å². The number of rotatable bonds is 3. The summed E-state index contributed by atoms with van der Waals surface area (Å²) < 4.78 is 0. The van der Waals surface area contributed by atoms with E-state index in [4.69, 9.17) is 0 Å². The number of nitrogens with one attached hydrogen (secondary N) is 1. The van der Waals surface area contributed by atoms with Crippen LogP contribution in [0.2, 0.25) is 0 Å². The zero-order valence-electron chi connectivity index (χ0n) is 12.1. The maximum Gasteiger partial charge on any atom is 0.0249 e. The van der Waals surface area contributed by atoms with Crippen LogP contribution in [0.4, 0.5) is 0 Å². The Bertz CT molecular complexity index is 207. The van der Waals surface area contributed by atoms with Gasteiger partial charge in [-0.05, 0) is 58.2 Å². The van der Waals surface area contributed by atoms with Crippen molar-refractivity contribution in [2.24, 2.45) is 11.3 Å². The Morgan fingerprint density at radius 2 is 1.56 bits per heavy atom. The average molecular weight is 226 g/mol. The van der Waals surface area contributed by atoms with Crippen LogP contribution < -0.4 is 5.32 Å². The molecule has 1 aliphatic rings. The molecule has 1 rings (SSSR count). The van der Waals surface area contributed by atoms with E-state index in [1.165, 1.54) is 32.5 Å². The molecule has 0 unspecified atom stereocenters. The molecule has 1 heterocycles. The molecule has 16 heavy (non-hydrogen) atoms. The Hall–Kier alpha value is -0.0800. The van der Waals surface area contributed by atoms with Crippen LogP contribution in [0.3, 0.4) is 0 Å². The Labute approximate surface area is 102 Å². The highest BCUT2D eigenvalue weighted by Gasteiger charge is 2.30. The van der Waals surface area contributed by atoms with E-state index in [0.29, 0.717) is 5.41 Å². The molecule has 0 aromatic rings. The van der Waals surface area contributed by atoms with Crippen LogP contribution in [0.1, 0.15) is 47.5 Å². The normalized spacial score (nSPS) is 21.4. The van der Waals surface area contributed by atoms with Crippen LogP contribution >= 0.6 is 0 Å². The Morgan fingerprint density at radius 1 is 1.06 bits per heavy atom. The summed E-state index contributed by atoms with van der Waals surface area (Å²) >= 11 is 0. The van der Waals surface area contributed by atoms with Gasteiger partial charge in [0.15, 0.2) is 0 Å². The standard InChI is InChI=1S/C14H30N2/c1-13(2,3)12-7-9-16(10-8-12)11-14(4,5)15-6/h12,15H,7-11H2,1-6H3. The van der Waals surface area contributed by atoms with Gasteiger partial charge in [-0.25, -0.2) is 0 Å². The van der Waals surface area contributed by atoms with Crippen molar-refractivity contribution < 1.29 is 0 Å². The molecular weight excluding hydrogens is 196 g/mol. The van der Waals surface area contributed by atoms with E-state index in [-0.39, 0.29) is 5.54 Å². The van der Waals surface area contributed by atoms with Crippen molar-refractivity contribution in [3.05, 3.63) is 0 Å². The maximum absolute atomic E-state index is 3.39. The predicted molar refractivity (Wildman–Crippen MR) is 71.8 cm³/mol. The summed E-state index contributed by atoms with van der Waals surface area (Å²) in [5.41, 5.74) is 0.735. The molecule has 96 valence electrons. The highest BCUT2D eigenvalue weighted by atomic mass is 15.2. The molecule has 0 bridgehead atoms. The third-order valence-electron chi connectivity index (χ3n) is 4.11. The second kappa shape index (κ2) is 5.05. The molecule has 0 saturated carbocycles. The van der Waals surface area contributed by atoms with Gasteiger partial charge in [0.05, 0.1) is 0 Å². The topological polar surface area (TPSA) is 15.3 Å². The van der Waals surface area contributed by atoms with Crippen molar-refractivity contribution in [1.82, 2.24) is 10.2 Å². The van der Waals surface area contributed by atoms with Crippen molar-refractivity contribution in [3.8, 4) is 0 Å². The van der Waals surface area contributed by atoms with Gasteiger partial charge in [-0.15, -0.1) is 0 Å². The van der Waals surface area contributed by atoms with Crippen molar-refractivity contribution in [3.63, 3.8) is 0 Å². The van der Waals surface area contributed by atoms with Gasteiger partial charge in [-0.3, -0.25) is 0 Å². The monoisotopic (exact) mass is 226 g/mol. The summed E-state index contributed by atoms with van der Waals surface area (Å²) in [6.07, 6.45) is 2.73. The minimum atomic E-state index is 0.245. The van der Waals surface area contributed by atoms with Crippen LogP contribution in [0.15, 0.2) is 0 Å². The molecule has 0 radical (unpaired) electrons. The van der Waals surface area contributed by atoms with Gasteiger partial charge in [0.2, 0.25) is 0 Å². The van der Waals surface area contributed by atoms with Crippen LogP contribution in [0.5, 0.6) is 0 Å². The smallest absolute Gasteiger partial charge is 0.0249 e. The van der Waals surface area contributed by atoms with Gasteiger partial charge in [0, 0.05) is 12.1 Å². The molecule has 1 saturated heterocycles. The number of likely N-dealkylation sites (N-methyl/N-ethyl adjacent to an activating group) is 1. The highest BCUT2D eigenvalue weighted by Crippen LogP contribution is 2.34. The molecule has 0 atom stereocenters. The summed E-state index contributed by atoms with van der Waals surface area (Å²) in [5, 5.41) is 3.39. The van der Waals surface area contributed by atoms with Gasteiger partial charge in [-0.2, -0.15) is 0 Å². The van der Waals surface area contributed by atoms with Crippen molar-refractivity contribution in [1.29, 1.82) is 0 Å². The van der Waals surface area contributed by atoms with E-state index < -0.39 is 0 Å². The number of piperidine rings is 1. The zero-order valence-corrected chi connectivity index (χ0v) is 12.1. The van der Waals surface area contributed by atoms with E-state index in [1.807, 2.05) is 0 Å². The summed E-state index contributed by atoms with van der Waals surface area (Å²) in [5.74, 6) is 0.904. The van der Waals surface area contributed by atoms with E-state index in [9.17, 15) is 0 Å². The van der Waals surface area contributed by atoms with E-state index in [1.54, 1.807) is 0 Å². The summed E-state index contributed by atoms with van der Waals surface area (Å²) in [7, 11) is 2.06. The molecule has 2 nitrogen and oxygen atoms in total.